The highest BCUT2D eigenvalue weighted by Gasteiger charge is 2.24. The number of nitrogens with zero attached hydrogens (tertiary/aromatic N) is 3. The maximum atomic E-state index is 16.6. The number of phenolic OH excluding ortho intramolecular Hbond substituents is 1. The van der Waals surface area contributed by atoms with E-state index in [4.69, 9.17) is 14.2 Å². The van der Waals surface area contributed by atoms with Crippen LogP contribution in [0.1, 0.15) is 31.5 Å². The van der Waals surface area contributed by atoms with Gasteiger partial charge in [-0.2, -0.15) is 0 Å². The van der Waals surface area contributed by atoms with Gasteiger partial charge in [-0.25, -0.2) is 33.7 Å². The summed E-state index contributed by atoms with van der Waals surface area (Å²) in [6.07, 6.45) is 0. The van der Waals surface area contributed by atoms with Crippen molar-refractivity contribution in [3.8, 4) is 28.0 Å². The summed E-state index contributed by atoms with van der Waals surface area (Å²) < 4.78 is 31.7. The largest absolute Gasteiger partial charge is 0.508 e. The van der Waals surface area contributed by atoms with E-state index >= 15 is 4.39 Å². The minimum atomic E-state index is -0.706. The smallest absolute Gasteiger partial charge is 0.356 e. The number of ether oxygens (including phenoxy) is 3. The molecular formula is C33H21BrFN3O7. The predicted octanol–water partition coefficient (Wildman–Crippen LogP) is 6.63. The first kappa shape index (κ1) is 29.6. The molecule has 3 aromatic carbocycles. The number of fused-ring (bicyclic) bond motifs is 3. The second-order valence-corrected chi connectivity index (χ2v) is 10.6. The molecule has 0 unspecified atom stereocenters. The van der Waals surface area contributed by atoms with E-state index in [1.54, 1.807) is 24.3 Å². The molecule has 0 spiro atoms. The number of carbonyl (C=O) groups is 3. The molecule has 3 heterocycles. The molecule has 45 heavy (non-hydrogen) atoms. The Bertz CT molecular complexity index is 2240. The predicted molar refractivity (Wildman–Crippen MR) is 167 cm³/mol. The molecule has 0 saturated carbocycles. The van der Waals surface area contributed by atoms with Crippen LogP contribution in [0.25, 0.3) is 55.0 Å². The summed E-state index contributed by atoms with van der Waals surface area (Å²) in [7, 11) is 3.70. The number of benzene rings is 3. The number of rotatable bonds is 5. The molecule has 0 atom stereocenters. The Morgan fingerprint density at radius 1 is 0.667 bits per heavy atom. The Labute approximate surface area is 262 Å². The number of methoxy groups -OCH3 is 3. The fourth-order valence-corrected chi connectivity index (χ4v) is 5.80. The molecule has 0 amide bonds. The number of halogens is 2. The lowest BCUT2D eigenvalue weighted by Gasteiger charge is -2.17. The zero-order valence-electron chi connectivity index (χ0n) is 23.8. The number of phenols is 1. The summed E-state index contributed by atoms with van der Waals surface area (Å²) in [5.41, 5.74) is 1.92. The van der Waals surface area contributed by atoms with Gasteiger partial charge in [0.15, 0.2) is 0 Å². The van der Waals surface area contributed by atoms with Gasteiger partial charge in [0.2, 0.25) is 0 Å². The molecular weight excluding hydrogens is 649 g/mol. The van der Waals surface area contributed by atoms with E-state index in [1.165, 1.54) is 63.8 Å². The van der Waals surface area contributed by atoms with Crippen LogP contribution in [0.3, 0.4) is 0 Å². The van der Waals surface area contributed by atoms with Crippen molar-refractivity contribution in [3.05, 3.63) is 94.1 Å². The standard InChI is InChI=1S/C33H21BrFN3O7/c1-43-31(40)24-9-5-17-23(36-24)11-7-21(34)27(17)20-14-22(35)28(18-6-10-26(33(42)45-3)38-30(18)20)19-13-16(39)12-15-4-8-25(32(41)44-2)37-29(15)19/h4-14,39H,1-3H3. The van der Waals surface area contributed by atoms with E-state index in [0.717, 1.165) is 0 Å². The Morgan fingerprint density at radius 3 is 1.87 bits per heavy atom. The van der Waals surface area contributed by atoms with Crippen molar-refractivity contribution in [1.29, 1.82) is 0 Å². The van der Waals surface area contributed by atoms with Crippen molar-refractivity contribution in [2.45, 2.75) is 0 Å². The van der Waals surface area contributed by atoms with Crippen LogP contribution in [0.2, 0.25) is 0 Å². The van der Waals surface area contributed by atoms with E-state index in [0.29, 0.717) is 31.9 Å². The first-order chi connectivity index (χ1) is 21.6. The summed E-state index contributed by atoms with van der Waals surface area (Å²) in [6, 6.07) is 16.6. The SMILES string of the molecule is COC(=O)c1ccc2c(-c3cc(F)c(-c4cc(O)cc5ccc(C(=O)OC)nc45)c4ccc(C(=O)OC)nc34)c(Br)ccc2n1. The van der Waals surface area contributed by atoms with Gasteiger partial charge in [0.05, 0.1) is 37.9 Å². The number of hydrogen-bond donors (Lipinski definition) is 1. The number of carbonyl (C=O) groups excluding carboxylic acids is 3. The third-order valence-electron chi connectivity index (χ3n) is 7.25. The van der Waals surface area contributed by atoms with Crippen molar-refractivity contribution in [2.75, 3.05) is 21.3 Å². The van der Waals surface area contributed by atoms with Crippen LogP contribution in [-0.4, -0.2) is 59.3 Å². The average Bonchev–Trinajstić information content (AvgIpc) is 3.06. The molecule has 0 aliphatic carbocycles. The zero-order valence-corrected chi connectivity index (χ0v) is 25.4. The number of esters is 3. The fourth-order valence-electron chi connectivity index (χ4n) is 5.24. The van der Waals surface area contributed by atoms with E-state index in [1.807, 2.05) is 0 Å². The van der Waals surface area contributed by atoms with Crippen LogP contribution < -0.4 is 0 Å². The van der Waals surface area contributed by atoms with Crippen molar-refractivity contribution in [1.82, 2.24) is 15.0 Å². The quantitative estimate of drug-likeness (QED) is 0.157. The first-order valence-corrected chi connectivity index (χ1v) is 14.1. The van der Waals surface area contributed by atoms with E-state index in [9.17, 15) is 19.5 Å². The minimum Gasteiger partial charge on any atom is -0.508 e. The summed E-state index contributed by atoms with van der Waals surface area (Å²) in [5.74, 6) is -2.88. The summed E-state index contributed by atoms with van der Waals surface area (Å²) in [4.78, 5) is 50.5. The van der Waals surface area contributed by atoms with Crippen LogP contribution in [0.5, 0.6) is 5.75 Å². The fraction of sp³-hybridized carbons (Fsp3) is 0.0909. The molecule has 10 nitrogen and oxygen atoms in total. The van der Waals surface area contributed by atoms with Gasteiger partial charge in [-0.3, -0.25) is 0 Å². The first-order valence-electron chi connectivity index (χ1n) is 13.3. The Morgan fingerprint density at radius 2 is 1.22 bits per heavy atom. The Kier molecular flexibility index (Phi) is 7.59. The highest BCUT2D eigenvalue weighted by atomic mass is 79.9. The monoisotopic (exact) mass is 669 g/mol. The van der Waals surface area contributed by atoms with Crippen LogP contribution in [-0.2, 0) is 14.2 Å². The molecule has 0 bridgehead atoms. The number of hydrogen-bond acceptors (Lipinski definition) is 10. The zero-order chi connectivity index (χ0) is 32.0. The second kappa shape index (κ2) is 11.5. The lowest BCUT2D eigenvalue weighted by molar-refractivity contribution is 0.0586. The lowest BCUT2D eigenvalue weighted by atomic mass is 9.91. The third-order valence-corrected chi connectivity index (χ3v) is 7.91. The molecule has 1 N–H and O–H groups in total. The highest BCUT2D eigenvalue weighted by molar-refractivity contribution is 9.10. The van der Waals surface area contributed by atoms with Crippen LogP contribution in [0.15, 0.2) is 71.2 Å². The molecule has 12 heteroatoms. The molecule has 0 aliphatic rings. The molecule has 224 valence electrons. The van der Waals surface area contributed by atoms with Gasteiger partial charge >= 0.3 is 17.9 Å². The van der Waals surface area contributed by atoms with Crippen molar-refractivity contribution >= 4 is 66.5 Å². The van der Waals surface area contributed by atoms with Gasteiger partial charge in [-0.15, -0.1) is 0 Å². The van der Waals surface area contributed by atoms with E-state index in [2.05, 4.69) is 30.9 Å². The molecule has 0 radical (unpaired) electrons. The highest BCUT2D eigenvalue weighted by Crippen LogP contribution is 2.44. The van der Waals surface area contributed by atoms with E-state index < -0.39 is 23.7 Å². The number of aromatic hydroxyl groups is 1. The molecule has 6 aromatic rings. The van der Waals surface area contributed by atoms with Gasteiger partial charge in [-0.05, 0) is 60.7 Å². The molecule has 0 aliphatic heterocycles. The Balaban J connectivity index is 1.72. The lowest BCUT2D eigenvalue weighted by Crippen LogP contribution is -2.06. The second-order valence-electron chi connectivity index (χ2n) is 9.80. The van der Waals surface area contributed by atoms with Crippen LogP contribution in [0.4, 0.5) is 4.39 Å². The summed E-state index contributed by atoms with van der Waals surface area (Å²) in [6.45, 7) is 0. The van der Waals surface area contributed by atoms with Crippen molar-refractivity contribution in [3.63, 3.8) is 0 Å². The molecule has 3 aromatic heterocycles. The van der Waals surface area contributed by atoms with Crippen LogP contribution in [0, 0.1) is 5.82 Å². The number of aromatic nitrogens is 3. The average molecular weight is 670 g/mol. The maximum absolute atomic E-state index is 16.6. The van der Waals surface area contributed by atoms with Gasteiger partial charge in [0, 0.05) is 42.9 Å². The summed E-state index contributed by atoms with van der Waals surface area (Å²) in [5, 5.41) is 11.9. The maximum Gasteiger partial charge on any atom is 0.356 e. The van der Waals surface area contributed by atoms with Gasteiger partial charge in [-0.1, -0.05) is 22.0 Å². The van der Waals surface area contributed by atoms with Crippen LogP contribution >= 0.6 is 15.9 Å². The Hall–Kier alpha value is -5.49. The summed E-state index contributed by atoms with van der Waals surface area (Å²) >= 11 is 3.57. The van der Waals surface area contributed by atoms with Crippen molar-refractivity contribution < 1.29 is 38.1 Å². The van der Waals surface area contributed by atoms with Crippen molar-refractivity contribution in [2.24, 2.45) is 0 Å². The van der Waals surface area contributed by atoms with Gasteiger partial charge < -0.3 is 19.3 Å². The number of pyridine rings is 3. The minimum absolute atomic E-state index is 0.0112. The topological polar surface area (TPSA) is 138 Å². The molecule has 6 rings (SSSR count). The van der Waals surface area contributed by atoms with Gasteiger partial charge in [0.1, 0.15) is 28.6 Å². The van der Waals surface area contributed by atoms with Gasteiger partial charge in [0.25, 0.3) is 0 Å². The normalized spacial score (nSPS) is 11.1. The molecule has 0 saturated heterocycles. The molecule has 0 fully saturated rings. The van der Waals surface area contributed by atoms with E-state index in [-0.39, 0.29) is 50.4 Å². The third kappa shape index (κ3) is 5.08.